The Balaban J connectivity index is 0.000000349. The van der Waals surface area contributed by atoms with Gasteiger partial charge in [0.1, 0.15) is 29.5 Å². The average Bonchev–Trinajstić information content (AvgIpc) is 3.15. The van der Waals surface area contributed by atoms with Crippen LogP contribution in [0.15, 0.2) is 6.07 Å². The first-order chi connectivity index (χ1) is 17.3. The predicted octanol–water partition coefficient (Wildman–Crippen LogP) is 3.91. The Morgan fingerprint density at radius 3 is 2.39 bits per heavy atom. The number of rotatable bonds is 6. The second-order valence-electron chi connectivity index (χ2n) is 9.95. The highest BCUT2D eigenvalue weighted by atomic mass is 19.1. The van der Waals surface area contributed by atoms with Gasteiger partial charge in [-0.1, -0.05) is 6.42 Å². The summed E-state index contributed by atoms with van der Waals surface area (Å²) in [5, 5.41) is 11.1. The molecule has 0 radical (unpaired) electrons. The summed E-state index contributed by atoms with van der Waals surface area (Å²) < 4.78 is 48.1. The topological polar surface area (TPSA) is 94.8 Å². The highest BCUT2D eigenvalue weighted by Gasteiger charge is 2.51. The molecule has 2 aliphatic carbocycles. The number of hydrogen-bond donors (Lipinski definition) is 2. The molecule has 1 spiro atoms. The van der Waals surface area contributed by atoms with Crippen molar-refractivity contribution in [2.45, 2.75) is 77.0 Å². The largest absolute Gasteiger partial charge is 0.487 e. The number of halogens is 2. The van der Waals surface area contributed by atoms with E-state index >= 15 is 4.39 Å². The molecule has 8 nitrogen and oxygen atoms in total. The molecule has 1 aliphatic heterocycles. The van der Waals surface area contributed by atoms with Crippen molar-refractivity contribution in [2.75, 3.05) is 26.9 Å². The molecule has 10 heteroatoms. The number of aromatic nitrogens is 2. The highest BCUT2D eigenvalue weighted by Crippen LogP contribution is 2.48. The van der Waals surface area contributed by atoms with Crippen LogP contribution in [0.25, 0.3) is 11.0 Å². The number of hydrogen-bond acceptors (Lipinski definition) is 7. The van der Waals surface area contributed by atoms with Crippen molar-refractivity contribution in [2.24, 2.45) is 12.5 Å². The number of ether oxygens (including phenoxy) is 3. The molecule has 202 valence electrons. The summed E-state index contributed by atoms with van der Waals surface area (Å²) in [6.07, 6.45) is 7.72. The van der Waals surface area contributed by atoms with Crippen LogP contribution >= 0.6 is 0 Å². The second-order valence-corrected chi connectivity index (χ2v) is 9.95. The van der Waals surface area contributed by atoms with Gasteiger partial charge in [-0.3, -0.25) is 4.57 Å². The van der Waals surface area contributed by atoms with E-state index in [2.05, 4.69) is 10.3 Å². The number of imidazole rings is 1. The maximum absolute atomic E-state index is 15.1. The number of nitrogens with one attached hydrogen (secondary N) is 1. The van der Waals surface area contributed by atoms with Crippen LogP contribution in [0.1, 0.15) is 58.8 Å². The zero-order valence-corrected chi connectivity index (χ0v) is 21.7. The molecule has 0 amide bonds. The van der Waals surface area contributed by atoms with E-state index in [9.17, 15) is 4.39 Å². The minimum atomic E-state index is -0.587. The summed E-state index contributed by atoms with van der Waals surface area (Å²) in [6, 6.07) is 1.61. The van der Waals surface area contributed by atoms with Crippen LogP contribution in [-0.4, -0.2) is 66.1 Å². The number of carbonyl (C=O) groups is 1. The minimum Gasteiger partial charge on any atom is -0.487 e. The van der Waals surface area contributed by atoms with Crippen LogP contribution in [0.4, 0.5) is 8.78 Å². The number of fused-ring (bicyclic) bond motifs is 1. The molecule has 36 heavy (non-hydrogen) atoms. The van der Waals surface area contributed by atoms with Crippen molar-refractivity contribution in [3.05, 3.63) is 17.7 Å². The summed E-state index contributed by atoms with van der Waals surface area (Å²) in [5.41, 5.74) is 0.291. The fourth-order valence-electron chi connectivity index (χ4n) is 4.67. The molecule has 3 aliphatic rings. The third kappa shape index (κ3) is 6.52. The fraction of sp³-hybridized carbons (Fsp3) is 0.692. The van der Waals surface area contributed by atoms with E-state index in [0.29, 0.717) is 0 Å². The molecule has 2 N–H and O–H groups in total. The molecule has 1 aromatic heterocycles. The number of likely N-dealkylation sites (N-methyl/N-ethyl adjacent to an activating group) is 1. The minimum absolute atomic E-state index is 0.00867. The lowest BCUT2D eigenvalue weighted by Crippen LogP contribution is -2.56. The Morgan fingerprint density at radius 1 is 1.25 bits per heavy atom. The summed E-state index contributed by atoms with van der Waals surface area (Å²) in [6.45, 7) is 5.06. The van der Waals surface area contributed by atoms with E-state index in [4.69, 9.17) is 24.1 Å². The first-order valence-corrected chi connectivity index (χ1v) is 12.7. The predicted molar refractivity (Wildman–Crippen MR) is 132 cm³/mol. The molecule has 3 fully saturated rings. The van der Waals surface area contributed by atoms with Crippen molar-refractivity contribution in [1.82, 2.24) is 14.9 Å². The molecular formula is C26H39F2N3O5. The number of aliphatic hydroxyl groups excluding tert-OH is 1. The van der Waals surface area contributed by atoms with Gasteiger partial charge in [-0.2, -0.15) is 4.98 Å². The van der Waals surface area contributed by atoms with Crippen molar-refractivity contribution < 1.29 is 32.9 Å². The van der Waals surface area contributed by atoms with E-state index in [1.165, 1.54) is 17.9 Å². The molecule has 1 saturated heterocycles. The SMILES string of the molecule is CC=O.CNC(C)CO.Cn1c(OC2CCCCC2)nc2c(F)cc(OC3CC4(COC4)C3)c(F)c21. The number of aldehydes is 1. The lowest BCUT2D eigenvalue weighted by Gasteiger charge is -2.52. The molecule has 0 bridgehead atoms. The first-order valence-electron chi connectivity index (χ1n) is 12.7. The summed E-state index contributed by atoms with van der Waals surface area (Å²) in [5.74, 6) is -1.21. The van der Waals surface area contributed by atoms with E-state index in [1.807, 2.05) is 14.0 Å². The van der Waals surface area contributed by atoms with Gasteiger partial charge in [0.05, 0.1) is 19.8 Å². The van der Waals surface area contributed by atoms with E-state index in [-0.39, 0.29) is 53.1 Å². The first kappa shape index (κ1) is 28.3. The Hall–Kier alpha value is -2.30. The monoisotopic (exact) mass is 511 g/mol. The van der Waals surface area contributed by atoms with Crippen LogP contribution in [-0.2, 0) is 16.6 Å². The molecule has 1 atom stereocenters. The maximum Gasteiger partial charge on any atom is 0.297 e. The molecule has 2 heterocycles. The second kappa shape index (κ2) is 12.8. The normalized spacial score (nSPS) is 19.8. The van der Waals surface area contributed by atoms with E-state index in [0.717, 1.165) is 64.1 Å². The van der Waals surface area contributed by atoms with Crippen LogP contribution < -0.4 is 14.8 Å². The number of aliphatic hydroxyl groups is 1. The van der Waals surface area contributed by atoms with Crippen LogP contribution in [0.3, 0.4) is 0 Å². The van der Waals surface area contributed by atoms with Gasteiger partial charge in [0.2, 0.25) is 0 Å². The number of benzene rings is 1. The Bertz CT molecular complexity index is 993. The average molecular weight is 512 g/mol. The zero-order valence-electron chi connectivity index (χ0n) is 21.7. The lowest BCUT2D eigenvalue weighted by molar-refractivity contribution is -0.191. The van der Waals surface area contributed by atoms with Gasteiger partial charge >= 0.3 is 0 Å². The van der Waals surface area contributed by atoms with Gasteiger partial charge in [-0.05, 0) is 59.4 Å². The molecule has 2 saturated carbocycles. The van der Waals surface area contributed by atoms with Gasteiger partial charge in [-0.15, -0.1) is 0 Å². The standard InChI is InChI=1S/C20H24F2N2O3.C4H11NO.C2H4O/c1-24-18-16(22)15(26-13-8-20(9-13)10-25-11-20)7-14(21)17(18)23-19(24)27-12-5-3-2-4-6-12;1-4(3-6)5-2;1-2-3/h7,12-13H,2-6,8-11H2,1H3;4-6H,3H2,1-2H3;2H,1H3. The summed E-state index contributed by atoms with van der Waals surface area (Å²) in [4.78, 5) is 13.0. The Morgan fingerprint density at radius 2 is 1.89 bits per heavy atom. The van der Waals surface area contributed by atoms with Crippen LogP contribution in [0.2, 0.25) is 0 Å². The van der Waals surface area contributed by atoms with Crippen LogP contribution in [0, 0.1) is 17.0 Å². The third-order valence-corrected chi connectivity index (χ3v) is 6.98. The van der Waals surface area contributed by atoms with E-state index in [1.54, 1.807) is 7.05 Å². The van der Waals surface area contributed by atoms with Crippen molar-refractivity contribution in [3.63, 3.8) is 0 Å². The van der Waals surface area contributed by atoms with Crippen molar-refractivity contribution >= 4 is 17.3 Å². The van der Waals surface area contributed by atoms with Gasteiger partial charge < -0.3 is 29.4 Å². The number of nitrogens with zero attached hydrogens (tertiary/aromatic N) is 2. The smallest absolute Gasteiger partial charge is 0.297 e. The Labute approximate surface area is 211 Å². The van der Waals surface area contributed by atoms with Crippen molar-refractivity contribution in [3.8, 4) is 11.8 Å². The van der Waals surface area contributed by atoms with Crippen LogP contribution in [0.5, 0.6) is 11.8 Å². The maximum atomic E-state index is 15.1. The molecule has 1 aromatic carbocycles. The van der Waals surface area contributed by atoms with Gasteiger partial charge in [0.25, 0.3) is 6.01 Å². The zero-order chi connectivity index (χ0) is 26.3. The lowest BCUT2D eigenvalue weighted by atomic mass is 9.65. The number of carbonyl (C=O) groups excluding carboxylic acids is 1. The van der Waals surface area contributed by atoms with E-state index < -0.39 is 11.6 Å². The summed E-state index contributed by atoms with van der Waals surface area (Å²) in [7, 11) is 3.48. The third-order valence-electron chi connectivity index (χ3n) is 6.98. The summed E-state index contributed by atoms with van der Waals surface area (Å²) >= 11 is 0. The number of aryl methyl sites for hydroxylation is 1. The fourth-order valence-corrected chi connectivity index (χ4v) is 4.67. The molecule has 1 unspecified atom stereocenters. The quantitative estimate of drug-likeness (QED) is 0.568. The Kier molecular flexibility index (Phi) is 10.0. The van der Waals surface area contributed by atoms with Crippen molar-refractivity contribution in [1.29, 1.82) is 0 Å². The molecule has 2 aromatic rings. The van der Waals surface area contributed by atoms with Gasteiger partial charge in [0.15, 0.2) is 17.4 Å². The van der Waals surface area contributed by atoms with Gasteiger partial charge in [-0.25, -0.2) is 8.78 Å². The highest BCUT2D eigenvalue weighted by molar-refractivity contribution is 5.80. The molecule has 5 rings (SSSR count). The molecular weight excluding hydrogens is 472 g/mol. The van der Waals surface area contributed by atoms with Gasteiger partial charge in [0, 0.05) is 24.6 Å².